The fourth-order valence-corrected chi connectivity index (χ4v) is 11.5. The van der Waals surface area contributed by atoms with E-state index in [1.54, 1.807) is 6.92 Å². The molecule has 0 saturated carbocycles. The molecular formula is C20H26F2Ti. The van der Waals surface area contributed by atoms with Crippen molar-refractivity contribution in [1.82, 2.24) is 0 Å². The molecule has 0 aromatic rings. The van der Waals surface area contributed by atoms with Gasteiger partial charge in [-0.2, -0.15) is 0 Å². The number of allylic oxidation sites excluding steroid dienone is 8. The maximum atomic E-state index is 16.5. The van der Waals surface area contributed by atoms with Gasteiger partial charge < -0.3 is 0 Å². The Balaban J connectivity index is 1.81. The zero-order chi connectivity index (χ0) is 16.1. The Bertz CT molecular complexity index is 673. The van der Waals surface area contributed by atoms with E-state index in [0.717, 1.165) is 62.5 Å². The molecule has 0 fully saturated rings. The molecule has 3 heteroatoms. The van der Waals surface area contributed by atoms with Crippen molar-refractivity contribution < 1.29 is 22.1 Å². The summed E-state index contributed by atoms with van der Waals surface area (Å²) in [6, 6.07) is 0. The second-order valence-electron chi connectivity index (χ2n) is 7.70. The number of rotatable bonds is 2. The summed E-state index contributed by atoms with van der Waals surface area (Å²) in [6.07, 6.45) is 16.1. The van der Waals surface area contributed by atoms with Crippen molar-refractivity contribution in [3.8, 4) is 0 Å². The van der Waals surface area contributed by atoms with Gasteiger partial charge in [0.15, 0.2) is 0 Å². The number of hydrogen-bond donors (Lipinski definition) is 0. The van der Waals surface area contributed by atoms with Crippen LogP contribution in [0, 0.1) is 0 Å². The fraction of sp³-hybridized carbons (Fsp3) is 0.550. The molecule has 0 amide bonds. The molecule has 0 bridgehead atoms. The van der Waals surface area contributed by atoms with Gasteiger partial charge >= 0.3 is 140 Å². The van der Waals surface area contributed by atoms with Crippen LogP contribution in [0.2, 0.25) is 8.45 Å². The van der Waals surface area contributed by atoms with Crippen molar-refractivity contribution in [2.45, 2.75) is 66.7 Å². The Morgan fingerprint density at radius 1 is 0.826 bits per heavy atom. The van der Waals surface area contributed by atoms with E-state index in [1.807, 2.05) is 24.3 Å². The molecule has 0 saturated heterocycles. The quantitative estimate of drug-likeness (QED) is 0.484. The van der Waals surface area contributed by atoms with Crippen molar-refractivity contribution in [2.75, 3.05) is 0 Å². The average Bonchev–Trinajstić information content (AvgIpc) is 3.20. The summed E-state index contributed by atoms with van der Waals surface area (Å²) < 4.78 is 33.2. The molecule has 0 spiro atoms. The number of halogens is 2. The van der Waals surface area contributed by atoms with Gasteiger partial charge in [0.05, 0.1) is 0 Å². The van der Waals surface area contributed by atoms with Crippen LogP contribution in [0.1, 0.15) is 58.3 Å². The SMILES string of the molecule is C[CH]=[Ti]([F])([F])([CH]1C=CC2=C1CCCC2)[CH]1C=CC2=C1CCCC2. The van der Waals surface area contributed by atoms with Crippen LogP contribution in [0.5, 0.6) is 0 Å². The molecular weight excluding hydrogens is 326 g/mol. The molecule has 0 nitrogen and oxygen atoms in total. The first-order chi connectivity index (χ1) is 11.0. The Hall–Kier alpha value is -0.596. The zero-order valence-electron chi connectivity index (χ0n) is 14.0. The third-order valence-corrected chi connectivity index (χ3v) is 13.7. The van der Waals surface area contributed by atoms with Crippen molar-refractivity contribution in [2.24, 2.45) is 0 Å². The first-order valence-electron chi connectivity index (χ1n) is 9.22. The number of hydrogen-bond acceptors (Lipinski definition) is 0. The average molecular weight is 352 g/mol. The summed E-state index contributed by atoms with van der Waals surface area (Å²) in [4.78, 5) is 0. The van der Waals surface area contributed by atoms with Crippen LogP contribution in [0.15, 0.2) is 46.6 Å². The summed E-state index contributed by atoms with van der Waals surface area (Å²) in [5, 5.41) is 0. The van der Waals surface area contributed by atoms with Crippen molar-refractivity contribution >= 4 is 4.31 Å². The van der Waals surface area contributed by atoms with Crippen LogP contribution >= 0.6 is 0 Å². The molecule has 4 aliphatic rings. The summed E-state index contributed by atoms with van der Waals surface area (Å²) in [6.45, 7) is 1.64. The van der Waals surface area contributed by atoms with E-state index in [4.69, 9.17) is 0 Å². The van der Waals surface area contributed by atoms with Crippen molar-refractivity contribution in [3.63, 3.8) is 0 Å². The van der Waals surface area contributed by atoms with E-state index in [2.05, 4.69) is 0 Å². The summed E-state index contributed by atoms with van der Waals surface area (Å²) in [7, 11) is 0. The van der Waals surface area contributed by atoms with E-state index in [9.17, 15) is 0 Å². The van der Waals surface area contributed by atoms with Gasteiger partial charge in [-0.25, -0.2) is 0 Å². The molecule has 23 heavy (non-hydrogen) atoms. The molecule has 0 radical (unpaired) electrons. The molecule has 2 atom stereocenters. The van der Waals surface area contributed by atoms with Gasteiger partial charge in [-0.15, -0.1) is 0 Å². The van der Waals surface area contributed by atoms with E-state index in [1.165, 1.54) is 15.5 Å². The second-order valence-corrected chi connectivity index (χ2v) is 14.4. The minimum atomic E-state index is -5.81. The molecule has 124 valence electrons. The van der Waals surface area contributed by atoms with Gasteiger partial charge in [-0.05, 0) is 0 Å². The molecule has 0 N–H and O–H groups in total. The first kappa shape index (κ1) is 15.9. The molecule has 0 aromatic carbocycles. The Morgan fingerprint density at radius 2 is 1.26 bits per heavy atom. The Labute approximate surface area is 139 Å². The monoisotopic (exact) mass is 352 g/mol. The summed E-state index contributed by atoms with van der Waals surface area (Å²) >= 11 is -5.81. The Kier molecular flexibility index (Phi) is 3.77. The topological polar surface area (TPSA) is 0 Å². The van der Waals surface area contributed by atoms with Crippen LogP contribution in [0.4, 0.5) is 6.18 Å². The summed E-state index contributed by atoms with van der Waals surface area (Å²) in [5.74, 6) is 0. The molecule has 4 rings (SSSR count). The molecule has 4 aliphatic carbocycles. The predicted molar refractivity (Wildman–Crippen MR) is 90.7 cm³/mol. The first-order valence-corrected chi connectivity index (χ1v) is 13.1. The van der Waals surface area contributed by atoms with Crippen LogP contribution < -0.4 is 0 Å². The van der Waals surface area contributed by atoms with E-state index < -0.39 is 24.4 Å². The second kappa shape index (κ2) is 5.46. The Morgan fingerprint density at radius 3 is 1.70 bits per heavy atom. The molecule has 0 aliphatic heterocycles. The van der Waals surface area contributed by atoms with Gasteiger partial charge in [0.25, 0.3) is 0 Å². The van der Waals surface area contributed by atoms with Gasteiger partial charge in [0.1, 0.15) is 0 Å². The fourth-order valence-electron chi connectivity index (χ4n) is 5.24. The third-order valence-electron chi connectivity index (χ3n) is 6.58. The molecule has 2 unspecified atom stereocenters. The van der Waals surface area contributed by atoms with Crippen LogP contribution in [-0.4, -0.2) is 4.31 Å². The normalized spacial score (nSPS) is 30.8. The predicted octanol–water partition coefficient (Wildman–Crippen LogP) is 6.72. The van der Waals surface area contributed by atoms with Crippen LogP contribution in [-0.2, 0) is 15.9 Å². The summed E-state index contributed by atoms with van der Waals surface area (Å²) in [5.41, 5.74) is 4.65. The molecule has 0 heterocycles. The van der Waals surface area contributed by atoms with Gasteiger partial charge in [0, 0.05) is 0 Å². The minimum absolute atomic E-state index is 0.560. The standard InChI is InChI=1S/2C9H11.C2H4.2FH.Ti/c2*1-2-5-9-7-3-6-8(9)4-1;1-2;;;/h2*3,6-7H,1-2,4-5H2;1H,2H3;2*1H;/q;;;;;+2/p-2. The van der Waals surface area contributed by atoms with Crippen molar-refractivity contribution in [3.05, 3.63) is 46.6 Å². The van der Waals surface area contributed by atoms with Gasteiger partial charge in [0.2, 0.25) is 0 Å². The van der Waals surface area contributed by atoms with Crippen LogP contribution in [0.3, 0.4) is 0 Å². The van der Waals surface area contributed by atoms with E-state index in [0.29, 0.717) is 0 Å². The maximum absolute atomic E-state index is 16.5. The third kappa shape index (κ3) is 2.28. The van der Waals surface area contributed by atoms with Crippen LogP contribution in [0.25, 0.3) is 0 Å². The van der Waals surface area contributed by atoms with Gasteiger partial charge in [-0.3, -0.25) is 0 Å². The van der Waals surface area contributed by atoms with E-state index in [-0.39, 0.29) is 0 Å². The van der Waals surface area contributed by atoms with Crippen molar-refractivity contribution in [1.29, 1.82) is 0 Å². The van der Waals surface area contributed by atoms with Gasteiger partial charge in [-0.1, -0.05) is 0 Å². The molecule has 0 aromatic heterocycles. The van der Waals surface area contributed by atoms with E-state index >= 15 is 6.18 Å². The zero-order valence-corrected chi connectivity index (χ0v) is 15.5.